The summed E-state index contributed by atoms with van der Waals surface area (Å²) >= 11 is 3.43. The Hall–Kier alpha value is -0.540. The average molecular weight is 286 g/mol. The third kappa shape index (κ3) is 4.14. The number of rotatable bonds is 6. The van der Waals surface area contributed by atoms with E-state index in [9.17, 15) is 0 Å². The minimum Gasteiger partial charge on any atom is -0.493 e. The molecule has 1 aromatic carbocycles. The minimum absolute atomic E-state index is 0.511. The zero-order chi connectivity index (χ0) is 12.0. The first-order valence-electron chi connectivity index (χ1n) is 5.78. The molecule has 0 aliphatic rings. The monoisotopic (exact) mass is 285 g/mol. The van der Waals surface area contributed by atoms with Gasteiger partial charge in [0.2, 0.25) is 0 Å². The molecule has 1 rings (SSSR count). The smallest absolute Gasteiger partial charge is 0.123 e. The lowest BCUT2D eigenvalue weighted by Crippen LogP contribution is -2.10. The molecule has 2 N–H and O–H groups in total. The maximum atomic E-state index is 5.80. The highest BCUT2D eigenvalue weighted by atomic mass is 79.9. The Morgan fingerprint density at radius 2 is 2.19 bits per heavy atom. The molecule has 1 atom stereocenters. The lowest BCUT2D eigenvalue weighted by atomic mass is 10.1. The van der Waals surface area contributed by atoms with Crippen LogP contribution in [-0.4, -0.2) is 6.61 Å². The fourth-order valence-electron chi connectivity index (χ4n) is 1.66. The molecular weight excluding hydrogens is 266 g/mol. The van der Waals surface area contributed by atoms with Gasteiger partial charge in [0.05, 0.1) is 6.61 Å². The van der Waals surface area contributed by atoms with Crippen LogP contribution in [-0.2, 0) is 6.54 Å². The lowest BCUT2D eigenvalue weighted by Gasteiger charge is -2.14. The minimum atomic E-state index is 0.511. The van der Waals surface area contributed by atoms with Crippen LogP contribution < -0.4 is 10.5 Å². The van der Waals surface area contributed by atoms with Crippen LogP contribution in [0.25, 0.3) is 0 Å². The third-order valence-electron chi connectivity index (χ3n) is 2.55. The molecule has 0 saturated heterocycles. The van der Waals surface area contributed by atoms with E-state index in [4.69, 9.17) is 10.5 Å². The molecule has 90 valence electrons. The number of hydrogen-bond acceptors (Lipinski definition) is 2. The van der Waals surface area contributed by atoms with E-state index in [1.165, 1.54) is 12.8 Å². The van der Waals surface area contributed by atoms with Gasteiger partial charge in [0.1, 0.15) is 5.75 Å². The Kier molecular flexibility index (Phi) is 5.85. The van der Waals surface area contributed by atoms with Crippen LogP contribution in [0.3, 0.4) is 0 Å². The Morgan fingerprint density at radius 1 is 1.44 bits per heavy atom. The van der Waals surface area contributed by atoms with Gasteiger partial charge in [0.15, 0.2) is 0 Å². The summed E-state index contributed by atoms with van der Waals surface area (Å²) in [6.07, 6.45) is 2.41. The number of hydrogen-bond donors (Lipinski definition) is 1. The quantitative estimate of drug-likeness (QED) is 0.865. The van der Waals surface area contributed by atoms with E-state index in [1.54, 1.807) is 0 Å². The van der Waals surface area contributed by atoms with Crippen molar-refractivity contribution >= 4 is 15.9 Å². The molecule has 0 bridgehead atoms. The molecule has 0 fully saturated rings. The fraction of sp³-hybridized carbons (Fsp3) is 0.538. The van der Waals surface area contributed by atoms with Crippen molar-refractivity contribution in [2.75, 3.05) is 6.61 Å². The maximum absolute atomic E-state index is 5.80. The van der Waals surface area contributed by atoms with Gasteiger partial charge in [-0.25, -0.2) is 0 Å². The van der Waals surface area contributed by atoms with Gasteiger partial charge in [-0.2, -0.15) is 0 Å². The summed E-state index contributed by atoms with van der Waals surface area (Å²) in [7, 11) is 0. The molecule has 0 spiro atoms. The second kappa shape index (κ2) is 6.92. The number of benzene rings is 1. The second-order valence-electron chi connectivity index (χ2n) is 4.16. The molecule has 16 heavy (non-hydrogen) atoms. The second-order valence-corrected chi connectivity index (χ2v) is 5.08. The van der Waals surface area contributed by atoms with Gasteiger partial charge in [-0.15, -0.1) is 0 Å². The summed E-state index contributed by atoms with van der Waals surface area (Å²) in [4.78, 5) is 0. The SMILES string of the molecule is CCCC(C)COc1ccc(Br)cc1CN. The van der Waals surface area contributed by atoms with E-state index in [0.717, 1.165) is 22.4 Å². The largest absolute Gasteiger partial charge is 0.493 e. The van der Waals surface area contributed by atoms with Crippen molar-refractivity contribution in [3.8, 4) is 5.75 Å². The highest BCUT2D eigenvalue weighted by molar-refractivity contribution is 9.10. The summed E-state index contributed by atoms with van der Waals surface area (Å²) < 4.78 is 6.84. The van der Waals surface area contributed by atoms with Crippen LogP contribution in [0.1, 0.15) is 32.3 Å². The van der Waals surface area contributed by atoms with E-state index >= 15 is 0 Å². The molecule has 0 aliphatic carbocycles. The fourth-order valence-corrected chi connectivity index (χ4v) is 2.07. The molecule has 0 aromatic heterocycles. The van der Waals surface area contributed by atoms with Gasteiger partial charge >= 0.3 is 0 Å². The maximum Gasteiger partial charge on any atom is 0.123 e. The summed E-state index contributed by atoms with van der Waals surface area (Å²) in [6.45, 7) is 5.69. The molecule has 0 aliphatic heterocycles. The summed E-state index contributed by atoms with van der Waals surface area (Å²) in [5.41, 5.74) is 6.74. The molecule has 1 aromatic rings. The van der Waals surface area contributed by atoms with Gasteiger partial charge in [-0.1, -0.05) is 36.2 Å². The summed E-state index contributed by atoms with van der Waals surface area (Å²) in [6, 6.07) is 5.98. The van der Waals surface area contributed by atoms with Gasteiger partial charge in [-0.05, 0) is 30.5 Å². The van der Waals surface area contributed by atoms with Gasteiger partial charge < -0.3 is 10.5 Å². The summed E-state index contributed by atoms with van der Waals surface area (Å²) in [5.74, 6) is 1.51. The Bertz CT molecular complexity index is 328. The predicted octanol–water partition coefficient (Wildman–Crippen LogP) is 3.72. The average Bonchev–Trinajstić information content (AvgIpc) is 2.27. The van der Waals surface area contributed by atoms with E-state index in [-0.39, 0.29) is 0 Å². The standard InChI is InChI=1S/C13H20BrNO/c1-3-4-10(2)9-16-13-6-5-12(14)7-11(13)8-15/h5-7,10H,3-4,8-9,15H2,1-2H3. The van der Waals surface area contributed by atoms with Crippen molar-refractivity contribution in [2.45, 2.75) is 33.2 Å². The highest BCUT2D eigenvalue weighted by Gasteiger charge is 2.06. The highest BCUT2D eigenvalue weighted by Crippen LogP contribution is 2.23. The van der Waals surface area contributed by atoms with Crippen LogP contribution in [0.2, 0.25) is 0 Å². The first kappa shape index (κ1) is 13.5. The lowest BCUT2D eigenvalue weighted by molar-refractivity contribution is 0.249. The molecule has 0 heterocycles. The molecular formula is C13H20BrNO. The zero-order valence-corrected chi connectivity index (χ0v) is 11.6. The Balaban J connectivity index is 2.59. The van der Waals surface area contributed by atoms with E-state index in [0.29, 0.717) is 12.5 Å². The topological polar surface area (TPSA) is 35.2 Å². The number of ether oxygens (including phenoxy) is 1. The number of halogens is 1. The normalized spacial score (nSPS) is 12.5. The van der Waals surface area contributed by atoms with Gasteiger partial charge in [0.25, 0.3) is 0 Å². The van der Waals surface area contributed by atoms with Crippen molar-refractivity contribution in [3.63, 3.8) is 0 Å². The van der Waals surface area contributed by atoms with Crippen molar-refractivity contribution in [1.29, 1.82) is 0 Å². The van der Waals surface area contributed by atoms with Gasteiger partial charge in [-0.3, -0.25) is 0 Å². The molecule has 1 unspecified atom stereocenters. The first-order chi connectivity index (χ1) is 7.67. The van der Waals surface area contributed by atoms with Crippen LogP contribution in [0, 0.1) is 5.92 Å². The van der Waals surface area contributed by atoms with E-state index in [2.05, 4.69) is 29.8 Å². The predicted molar refractivity (Wildman–Crippen MR) is 71.6 cm³/mol. The van der Waals surface area contributed by atoms with Crippen molar-refractivity contribution < 1.29 is 4.74 Å². The van der Waals surface area contributed by atoms with Crippen molar-refractivity contribution in [3.05, 3.63) is 28.2 Å². The van der Waals surface area contributed by atoms with Crippen LogP contribution >= 0.6 is 15.9 Å². The third-order valence-corrected chi connectivity index (χ3v) is 3.04. The zero-order valence-electron chi connectivity index (χ0n) is 10.0. The van der Waals surface area contributed by atoms with E-state index < -0.39 is 0 Å². The van der Waals surface area contributed by atoms with Crippen LogP contribution in [0.5, 0.6) is 5.75 Å². The molecule has 0 amide bonds. The molecule has 2 nitrogen and oxygen atoms in total. The van der Waals surface area contributed by atoms with E-state index in [1.807, 2.05) is 18.2 Å². The summed E-state index contributed by atoms with van der Waals surface area (Å²) in [5, 5.41) is 0. The molecule has 0 radical (unpaired) electrons. The van der Waals surface area contributed by atoms with Crippen LogP contribution in [0.15, 0.2) is 22.7 Å². The van der Waals surface area contributed by atoms with Gasteiger partial charge in [0, 0.05) is 16.6 Å². The molecule has 0 saturated carbocycles. The van der Waals surface area contributed by atoms with Crippen LogP contribution in [0.4, 0.5) is 0 Å². The van der Waals surface area contributed by atoms with Crippen molar-refractivity contribution in [2.24, 2.45) is 11.7 Å². The molecule has 3 heteroatoms. The number of nitrogens with two attached hydrogens (primary N) is 1. The first-order valence-corrected chi connectivity index (χ1v) is 6.58. The Labute approximate surface area is 106 Å². The van der Waals surface area contributed by atoms with Crippen molar-refractivity contribution in [1.82, 2.24) is 0 Å². The Morgan fingerprint density at radius 3 is 2.81 bits per heavy atom.